The van der Waals surface area contributed by atoms with Gasteiger partial charge in [-0.15, -0.1) is 0 Å². The third kappa shape index (κ3) is 11.6. The number of hydrogen-bond acceptors (Lipinski definition) is 4. The Morgan fingerprint density at radius 3 is 1.22 bits per heavy atom. The van der Waals surface area contributed by atoms with Crippen LogP contribution in [0, 0.1) is 0 Å². The van der Waals surface area contributed by atoms with Gasteiger partial charge in [0.15, 0.2) is 0 Å². The van der Waals surface area contributed by atoms with Crippen molar-refractivity contribution >= 4 is 73.0 Å². The van der Waals surface area contributed by atoms with Crippen LogP contribution in [-0.4, -0.2) is 60.8 Å². The van der Waals surface area contributed by atoms with E-state index in [-0.39, 0.29) is 48.9 Å². The summed E-state index contributed by atoms with van der Waals surface area (Å²) < 4.78 is 0. The summed E-state index contributed by atoms with van der Waals surface area (Å²) in [5.41, 5.74) is 1.72. The molecule has 0 radical (unpaired) electrons. The Morgan fingerprint density at radius 1 is 0.652 bits per heavy atom. The van der Waals surface area contributed by atoms with Crippen molar-refractivity contribution in [1.29, 1.82) is 0 Å². The van der Waals surface area contributed by atoms with Gasteiger partial charge in [0.1, 0.15) is 0 Å². The molecule has 0 aromatic heterocycles. The maximum atomic E-state index is 9.97. The smallest absolute Gasteiger partial charge is 0.545 e. The molecule has 2 aromatic rings. The summed E-state index contributed by atoms with van der Waals surface area (Å²) in [6.45, 7) is 0. The van der Waals surface area contributed by atoms with Gasteiger partial charge in [0.25, 0.3) is 0 Å². The Balaban J connectivity index is 0.000000403. The molecule has 2 aromatic carbocycles. The van der Waals surface area contributed by atoms with Gasteiger partial charge >= 0.3 is 48.9 Å². The summed E-state index contributed by atoms with van der Waals surface area (Å²) in [5.74, 6) is -2.34. The quantitative estimate of drug-likeness (QED) is 0.522. The molecular formula is C18H14BaO4. The molecule has 23 heavy (non-hydrogen) atoms. The van der Waals surface area contributed by atoms with Crippen LogP contribution < -0.4 is 10.2 Å². The van der Waals surface area contributed by atoms with E-state index in [0.717, 1.165) is 23.3 Å². The van der Waals surface area contributed by atoms with E-state index in [0.29, 0.717) is 0 Å². The van der Waals surface area contributed by atoms with Gasteiger partial charge in [0.05, 0.1) is 11.9 Å². The van der Waals surface area contributed by atoms with Crippen LogP contribution in [-0.2, 0) is 9.59 Å². The van der Waals surface area contributed by atoms with Gasteiger partial charge in [-0.1, -0.05) is 72.8 Å². The van der Waals surface area contributed by atoms with Crippen molar-refractivity contribution in [2.24, 2.45) is 0 Å². The second kappa shape index (κ2) is 12.9. The second-order valence-corrected chi connectivity index (χ2v) is 4.13. The minimum Gasteiger partial charge on any atom is -0.545 e. The fraction of sp³-hybridized carbons (Fsp3) is 0. The standard InChI is InChI=1S/2C9H8O2.Ba/c2*10-9(11)7-6-8-4-2-1-3-5-8;/h2*1-7H,(H,10,11);/q;;+2/p-2. The Hall–Kier alpha value is -1.57. The first-order valence-corrected chi connectivity index (χ1v) is 6.46. The van der Waals surface area contributed by atoms with E-state index < -0.39 is 11.9 Å². The van der Waals surface area contributed by atoms with Gasteiger partial charge in [0.2, 0.25) is 0 Å². The Bertz CT molecular complexity index is 590. The number of carboxylic acid groups (broad SMARTS) is 2. The predicted octanol–water partition coefficient (Wildman–Crippen LogP) is 0.519. The summed E-state index contributed by atoms with van der Waals surface area (Å²) in [5, 5.41) is 19.9. The molecule has 0 N–H and O–H groups in total. The third-order valence-electron chi connectivity index (χ3n) is 2.42. The van der Waals surface area contributed by atoms with E-state index in [1.807, 2.05) is 60.7 Å². The Labute approximate surface area is 175 Å². The van der Waals surface area contributed by atoms with Crippen LogP contribution in [0.25, 0.3) is 12.2 Å². The molecular weight excluding hydrogens is 418 g/mol. The average Bonchev–Trinajstić information content (AvgIpc) is 2.53. The molecule has 0 bridgehead atoms. The predicted molar refractivity (Wildman–Crippen MR) is 86.7 cm³/mol. The molecule has 0 heterocycles. The number of benzene rings is 2. The third-order valence-corrected chi connectivity index (χ3v) is 2.42. The largest absolute Gasteiger partial charge is 2.00 e. The van der Waals surface area contributed by atoms with Crippen LogP contribution in [0.3, 0.4) is 0 Å². The number of rotatable bonds is 4. The fourth-order valence-corrected chi connectivity index (χ4v) is 1.46. The van der Waals surface area contributed by atoms with Crippen LogP contribution in [0.5, 0.6) is 0 Å². The molecule has 0 aliphatic carbocycles. The summed E-state index contributed by atoms with van der Waals surface area (Å²) >= 11 is 0. The zero-order chi connectivity index (χ0) is 16.2. The molecule has 0 unspecified atom stereocenters. The van der Waals surface area contributed by atoms with Crippen molar-refractivity contribution in [3.63, 3.8) is 0 Å². The van der Waals surface area contributed by atoms with E-state index in [2.05, 4.69) is 0 Å². The van der Waals surface area contributed by atoms with Crippen LogP contribution >= 0.6 is 0 Å². The number of carbonyl (C=O) groups excluding carboxylic acids is 2. The first kappa shape index (κ1) is 21.4. The summed E-state index contributed by atoms with van der Waals surface area (Å²) in [6.07, 6.45) is 5.01. The van der Waals surface area contributed by atoms with Gasteiger partial charge in [-0.05, 0) is 23.3 Å². The zero-order valence-corrected chi connectivity index (χ0v) is 16.9. The van der Waals surface area contributed by atoms with Crippen LogP contribution in [0.15, 0.2) is 72.8 Å². The number of hydrogen-bond donors (Lipinski definition) is 0. The molecule has 0 fully saturated rings. The van der Waals surface area contributed by atoms with Gasteiger partial charge in [-0.3, -0.25) is 0 Å². The number of carbonyl (C=O) groups is 2. The van der Waals surface area contributed by atoms with Crippen LogP contribution in [0.1, 0.15) is 11.1 Å². The van der Waals surface area contributed by atoms with Gasteiger partial charge in [-0.2, -0.15) is 0 Å². The topological polar surface area (TPSA) is 80.3 Å². The monoisotopic (exact) mass is 432 g/mol. The maximum absolute atomic E-state index is 9.97. The van der Waals surface area contributed by atoms with Crippen molar-refractivity contribution in [3.05, 3.63) is 83.9 Å². The molecule has 5 heteroatoms. The SMILES string of the molecule is O=C([O-])C=Cc1ccccc1.O=C([O-])C=Cc1ccccc1.[Ba+2]. The van der Waals surface area contributed by atoms with Gasteiger partial charge < -0.3 is 19.8 Å². The van der Waals surface area contributed by atoms with Gasteiger partial charge in [0, 0.05) is 0 Å². The van der Waals surface area contributed by atoms with E-state index >= 15 is 0 Å². The van der Waals surface area contributed by atoms with Gasteiger partial charge in [-0.25, -0.2) is 0 Å². The average molecular weight is 432 g/mol. The minimum absolute atomic E-state index is 0. The van der Waals surface area contributed by atoms with Crippen LogP contribution in [0.2, 0.25) is 0 Å². The van der Waals surface area contributed by atoms with Crippen molar-refractivity contribution in [3.8, 4) is 0 Å². The molecule has 0 aliphatic rings. The Morgan fingerprint density at radius 2 is 0.957 bits per heavy atom. The summed E-state index contributed by atoms with van der Waals surface area (Å²) in [4.78, 5) is 19.9. The van der Waals surface area contributed by atoms with E-state index in [9.17, 15) is 19.8 Å². The molecule has 0 amide bonds. The van der Waals surface area contributed by atoms with Crippen molar-refractivity contribution in [1.82, 2.24) is 0 Å². The normalized spacial score (nSPS) is 9.74. The molecule has 0 saturated heterocycles. The minimum atomic E-state index is -1.17. The first-order chi connectivity index (χ1) is 10.6. The molecule has 2 rings (SSSR count). The van der Waals surface area contributed by atoms with Crippen molar-refractivity contribution in [2.75, 3.05) is 0 Å². The van der Waals surface area contributed by atoms with E-state index in [1.54, 1.807) is 0 Å². The summed E-state index contributed by atoms with van der Waals surface area (Å²) in [6, 6.07) is 18.4. The fourth-order valence-electron chi connectivity index (χ4n) is 1.46. The molecule has 0 atom stereocenters. The maximum Gasteiger partial charge on any atom is 2.00 e. The Kier molecular flexibility index (Phi) is 12.0. The second-order valence-electron chi connectivity index (χ2n) is 4.13. The first-order valence-electron chi connectivity index (χ1n) is 6.46. The zero-order valence-electron chi connectivity index (χ0n) is 12.4. The summed E-state index contributed by atoms with van der Waals surface area (Å²) in [7, 11) is 0. The van der Waals surface area contributed by atoms with E-state index in [1.165, 1.54) is 12.2 Å². The molecule has 0 spiro atoms. The number of carboxylic acids is 2. The number of aliphatic carboxylic acids is 2. The molecule has 4 nitrogen and oxygen atoms in total. The molecule has 112 valence electrons. The van der Waals surface area contributed by atoms with Crippen molar-refractivity contribution in [2.45, 2.75) is 0 Å². The molecule has 0 aliphatic heterocycles. The molecule has 0 saturated carbocycles. The van der Waals surface area contributed by atoms with Crippen molar-refractivity contribution < 1.29 is 19.8 Å². The van der Waals surface area contributed by atoms with E-state index in [4.69, 9.17) is 0 Å². The van der Waals surface area contributed by atoms with Crippen LogP contribution in [0.4, 0.5) is 0 Å².